The van der Waals surface area contributed by atoms with E-state index in [1.54, 1.807) is 19.2 Å². The van der Waals surface area contributed by atoms with Crippen LogP contribution in [0.4, 0.5) is 24.5 Å². The highest BCUT2D eigenvalue weighted by Gasteiger charge is 2.30. The van der Waals surface area contributed by atoms with E-state index in [0.717, 1.165) is 17.7 Å². The van der Waals surface area contributed by atoms with Crippen molar-refractivity contribution in [3.63, 3.8) is 0 Å². The molecule has 5 nitrogen and oxygen atoms in total. The van der Waals surface area contributed by atoms with Gasteiger partial charge >= 0.3 is 6.18 Å². The molecule has 8 heteroatoms. The first-order chi connectivity index (χ1) is 12.6. The van der Waals surface area contributed by atoms with Crippen molar-refractivity contribution in [2.75, 3.05) is 30.8 Å². The molecule has 2 aromatic rings. The van der Waals surface area contributed by atoms with Gasteiger partial charge in [-0.25, -0.2) is 0 Å². The maximum absolute atomic E-state index is 12.5. The fourth-order valence-electron chi connectivity index (χ4n) is 2.33. The van der Waals surface area contributed by atoms with Gasteiger partial charge in [-0.3, -0.25) is 14.5 Å². The van der Waals surface area contributed by atoms with Crippen LogP contribution in [0.5, 0.6) is 0 Å². The van der Waals surface area contributed by atoms with Gasteiger partial charge in [-0.1, -0.05) is 17.7 Å². The third-order valence-corrected chi connectivity index (χ3v) is 3.66. The molecular weight excluding hydrogens is 359 g/mol. The summed E-state index contributed by atoms with van der Waals surface area (Å²) in [6, 6.07) is 11.5. The molecule has 0 atom stereocenters. The molecule has 27 heavy (non-hydrogen) atoms. The minimum atomic E-state index is -4.42. The molecule has 2 rings (SSSR count). The standard InChI is InChI=1S/C19H20F3N3O2/c1-13-3-7-15(8-4-13)23-17(26)11-25(2)12-18(27)24-16-9-5-14(6-10-16)19(20,21)22/h3-10H,11-12H2,1-2H3,(H,23,26)(H,24,27). The monoisotopic (exact) mass is 379 g/mol. The summed E-state index contributed by atoms with van der Waals surface area (Å²) in [7, 11) is 1.60. The summed E-state index contributed by atoms with van der Waals surface area (Å²) >= 11 is 0. The van der Waals surface area contributed by atoms with Crippen LogP contribution in [0.25, 0.3) is 0 Å². The lowest BCUT2D eigenvalue weighted by molar-refractivity contribution is -0.137. The fraction of sp³-hybridized carbons (Fsp3) is 0.263. The van der Waals surface area contributed by atoms with Crippen LogP contribution >= 0.6 is 0 Å². The van der Waals surface area contributed by atoms with E-state index in [4.69, 9.17) is 0 Å². The third-order valence-electron chi connectivity index (χ3n) is 3.66. The van der Waals surface area contributed by atoms with E-state index in [1.165, 1.54) is 17.0 Å². The van der Waals surface area contributed by atoms with Crippen molar-refractivity contribution in [3.8, 4) is 0 Å². The van der Waals surface area contributed by atoms with Gasteiger partial charge in [-0.05, 0) is 50.4 Å². The number of hydrogen-bond acceptors (Lipinski definition) is 3. The number of aryl methyl sites for hydroxylation is 1. The van der Waals surface area contributed by atoms with Crippen LogP contribution in [-0.2, 0) is 15.8 Å². The molecule has 2 aromatic carbocycles. The van der Waals surface area contributed by atoms with E-state index < -0.39 is 17.6 Å². The second-order valence-electron chi connectivity index (χ2n) is 6.21. The van der Waals surface area contributed by atoms with Crippen molar-refractivity contribution < 1.29 is 22.8 Å². The second-order valence-corrected chi connectivity index (χ2v) is 6.21. The molecular formula is C19H20F3N3O2. The van der Waals surface area contributed by atoms with Crippen molar-refractivity contribution >= 4 is 23.2 Å². The smallest absolute Gasteiger partial charge is 0.325 e. The Balaban J connectivity index is 1.80. The molecule has 0 heterocycles. The quantitative estimate of drug-likeness (QED) is 0.807. The number of alkyl halides is 3. The first-order valence-electron chi connectivity index (χ1n) is 8.15. The van der Waals surface area contributed by atoms with Crippen molar-refractivity contribution in [1.29, 1.82) is 0 Å². The van der Waals surface area contributed by atoms with Crippen LogP contribution in [0, 0.1) is 6.92 Å². The number of carbonyl (C=O) groups excluding carboxylic acids is 2. The summed E-state index contributed by atoms with van der Waals surface area (Å²) in [5, 5.41) is 5.23. The van der Waals surface area contributed by atoms with Gasteiger partial charge in [0.25, 0.3) is 0 Å². The number of benzene rings is 2. The topological polar surface area (TPSA) is 61.4 Å². The Kier molecular flexibility index (Phi) is 6.57. The molecule has 144 valence electrons. The zero-order valence-electron chi connectivity index (χ0n) is 14.9. The number of likely N-dealkylation sites (N-methyl/N-ethyl adjacent to an activating group) is 1. The third kappa shape index (κ3) is 6.74. The van der Waals surface area contributed by atoms with E-state index in [2.05, 4.69) is 10.6 Å². The summed E-state index contributed by atoms with van der Waals surface area (Å²) in [4.78, 5) is 25.5. The first-order valence-corrected chi connectivity index (χ1v) is 8.15. The molecule has 0 radical (unpaired) electrons. The van der Waals surface area contributed by atoms with Gasteiger partial charge < -0.3 is 10.6 Å². The molecule has 2 amide bonds. The molecule has 0 saturated heterocycles. The van der Waals surface area contributed by atoms with Gasteiger partial charge in [0.2, 0.25) is 11.8 Å². The summed E-state index contributed by atoms with van der Waals surface area (Å²) in [6.07, 6.45) is -4.42. The van der Waals surface area contributed by atoms with Gasteiger partial charge in [0, 0.05) is 11.4 Å². The average Bonchev–Trinajstić information content (AvgIpc) is 2.56. The van der Waals surface area contributed by atoms with Crippen LogP contribution in [-0.4, -0.2) is 36.9 Å². The number of nitrogens with one attached hydrogen (secondary N) is 2. The van der Waals surface area contributed by atoms with Gasteiger partial charge in [-0.2, -0.15) is 13.2 Å². The lowest BCUT2D eigenvalue weighted by Crippen LogP contribution is -2.36. The number of amides is 2. The SMILES string of the molecule is Cc1ccc(NC(=O)CN(C)CC(=O)Nc2ccc(C(F)(F)F)cc2)cc1. The Bertz CT molecular complexity index is 787. The van der Waals surface area contributed by atoms with Gasteiger partial charge in [0.05, 0.1) is 18.7 Å². The van der Waals surface area contributed by atoms with Crippen molar-refractivity contribution in [3.05, 3.63) is 59.7 Å². The van der Waals surface area contributed by atoms with E-state index in [0.29, 0.717) is 5.69 Å². The van der Waals surface area contributed by atoms with Gasteiger partial charge in [-0.15, -0.1) is 0 Å². The van der Waals surface area contributed by atoms with E-state index in [1.807, 2.05) is 19.1 Å². The summed E-state index contributed by atoms with van der Waals surface area (Å²) in [5.74, 6) is -0.705. The summed E-state index contributed by atoms with van der Waals surface area (Å²) < 4.78 is 37.6. The average molecular weight is 379 g/mol. The highest BCUT2D eigenvalue weighted by molar-refractivity contribution is 5.94. The molecule has 0 fully saturated rings. The molecule has 0 aliphatic carbocycles. The van der Waals surface area contributed by atoms with Crippen molar-refractivity contribution in [2.45, 2.75) is 13.1 Å². The van der Waals surface area contributed by atoms with Crippen LogP contribution in [0.3, 0.4) is 0 Å². The van der Waals surface area contributed by atoms with Crippen LogP contribution in [0.1, 0.15) is 11.1 Å². The lowest BCUT2D eigenvalue weighted by Gasteiger charge is -2.16. The van der Waals surface area contributed by atoms with Gasteiger partial charge in [0.15, 0.2) is 0 Å². The molecule has 0 saturated carbocycles. The molecule has 0 aliphatic heterocycles. The summed E-state index contributed by atoms with van der Waals surface area (Å²) in [5.41, 5.74) is 1.20. The predicted molar refractivity (Wildman–Crippen MR) is 97.4 cm³/mol. The molecule has 0 unspecified atom stereocenters. The van der Waals surface area contributed by atoms with Crippen LogP contribution in [0.15, 0.2) is 48.5 Å². The first kappa shape index (κ1) is 20.4. The molecule has 0 bridgehead atoms. The maximum atomic E-state index is 12.5. The summed E-state index contributed by atoms with van der Waals surface area (Å²) in [6.45, 7) is 1.85. The predicted octanol–water partition coefficient (Wildman–Crippen LogP) is 3.52. The zero-order valence-corrected chi connectivity index (χ0v) is 14.9. The van der Waals surface area contributed by atoms with Crippen molar-refractivity contribution in [1.82, 2.24) is 4.90 Å². The van der Waals surface area contributed by atoms with Crippen LogP contribution in [0.2, 0.25) is 0 Å². The Hall–Kier alpha value is -2.87. The number of anilines is 2. The largest absolute Gasteiger partial charge is 0.416 e. The number of nitrogens with zero attached hydrogens (tertiary/aromatic N) is 1. The maximum Gasteiger partial charge on any atom is 0.416 e. The van der Waals surface area contributed by atoms with E-state index in [-0.39, 0.29) is 24.7 Å². The van der Waals surface area contributed by atoms with Crippen molar-refractivity contribution in [2.24, 2.45) is 0 Å². The minimum absolute atomic E-state index is 0.00565. The molecule has 0 aliphatic rings. The Morgan fingerprint density at radius 1 is 0.852 bits per heavy atom. The minimum Gasteiger partial charge on any atom is -0.325 e. The number of hydrogen-bond donors (Lipinski definition) is 2. The zero-order chi connectivity index (χ0) is 20.0. The highest BCUT2D eigenvalue weighted by Crippen LogP contribution is 2.29. The molecule has 0 aromatic heterocycles. The normalized spacial score (nSPS) is 11.3. The highest BCUT2D eigenvalue weighted by atomic mass is 19.4. The Labute approximate surface area is 155 Å². The van der Waals surface area contributed by atoms with E-state index >= 15 is 0 Å². The molecule has 0 spiro atoms. The van der Waals surface area contributed by atoms with Crippen LogP contribution < -0.4 is 10.6 Å². The molecule has 2 N–H and O–H groups in total. The number of rotatable bonds is 6. The number of carbonyl (C=O) groups is 2. The number of halogens is 3. The second kappa shape index (κ2) is 8.68. The lowest BCUT2D eigenvalue weighted by atomic mass is 10.2. The Morgan fingerprint density at radius 3 is 1.67 bits per heavy atom. The Morgan fingerprint density at radius 2 is 1.26 bits per heavy atom. The van der Waals surface area contributed by atoms with E-state index in [9.17, 15) is 22.8 Å². The van der Waals surface area contributed by atoms with Gasteiger partial charge in [0.1, 0.15) is 0 Å². The fourth-order valence-corrected chi connectivity index (χ4v) is 2.33.